The third-order valence-electron chi connectivity index (χ3n) is 2.83. The first-order valence-electron chi connectivity index (χ1n) is 5.64. The molecule has 1 atom stereocenters. The Hall–Kier alpha value is -2.11. The van der Waals surface area contributed by atoms with Crippen LogP contribution in [0, 0.1) is 5.82 Å². The number of benzene rings is 1. The van der Waals surface area contributed by atoms with Crippen LogP contribution in [-0.4, -0.2) is 31.6 Å². The van der Waals surface area contributed by atoms with E-state index in [4.69, 9.17) is 0 Å². The Balaban J connectivity index is 2.05. The van der Waals surface area contributed by atoms with Crippen molar-refractivity contribution in [3.05, 3.63) is 30.1 Å². The third kappa shape index (κ3) is 2.58. The van der Waals surface area contributed by atoms with Crippen LogP contribution in [0.2, 0.25) is 0 Å². The monoisotopic (exact) mass is 251 g/mol. The maximum Gasteiger partial charge on any atom is 0.314 e. The van der Waals surface area contributed by atoms with Crippen LogP contribution in [0.25, 0.3) is 0 Å². The van der Waals surface area contributed by atoms with Crippen LogP contribution >= 0.6 is 0 Å². The second-order valence-corrected chi connectivity index (χ2v) is 4.11. The van der Waals surface area contributed by atoms with Gasteiger partial charge >= 0.3 is 6.03 Å². The molecule has 0 radical (unpaired) electrons. The van der Waals surface area contributed by atoms with Crippen molar-refractivity contribution in [1.82, 2.24) is 10.6 Å². The zero-order valence-electron chi connectivity index (χ0n) is 9.94. The van der Waals surface area contributed by atoms with Crippen LogP contribution in [0.5, 0.6) is 0 Å². The molecule has 0 aliphatic carbocycles. The highest BCUT2D eigenvalue weighted by molar-refractivity contribution is 5.96. The molecule has 96 valence electrons. The molecular weight excluding hydrogens is 237 g/mol. The van der Waals surface area contributed by atoms with E-state index in [-0.39, 0.29) is 30.2 Å². The van der Waals surface area contributed by atoms with E-state index in [1.54, 1.807) is 17.0 Å². The molecule has 1 fully saturated rings. The predicted octanol–water partition coefficient (Wildman–Crippen LogP) is 0.860. The first-order valence-corrected chi connectivity index (χ1v) is 5.64. The zero-order chi connectivity index (χ0) is 13.1. The van der Waals surface area contributed by atoms with Crippen molar-refractivity contribution >= 4 is 17.6 Å². The van der Waals surface area contributed by atoms with E-state index < -0.39 is 0 Å². The van der Waals surface area contributed by atoms with Crippen LogP contribution in [0.15, 0.2) is 24.3 Å². The quantitative estimate of drug-likeness (QED) is 0.819. The molecular formula is C12H14FN3O2. The summed E-state index contributed by atoms with van der Waals surface area (Å²) in [5.74, 6) is -0.423. The van der Waals surface area contributed by atoms with E-state index in [1.807, 2.05) is 0 Å². The minimum absolute atomic E-state index is 0.0805. The molecule has 0 bridgehead atoms. The van der Waals surface area contributed by atoms with Crippen molar-refractivity contribution < 1.29 is 14.0 Å². The van der Waals surface area contributed by atoms with Crippen molar-refractivity contribution in [3.63, 3.8) is 0 Å². The smallest absolute Gasteiger partial charge is 0.314 e. The summed E-state index contributed by atoms with van der Waals surface area (Å²) in [7, 11) is 1.52. The van der Waals surface area contributed by atoms with Crippen molar-refractivity contribution in [1.29, 1.82) is 0 Å². The summed E-state index contributed by atoms with van der Waals surface area (Å²) >= 11 is 0. The predicted molar refractivity (Wildman–Crippen MR) is 64.7 cm³/mol. The lowest BCUT2D eigenvalue weighted by Crippen LogP contribution is -2.41. The average Bonchev–Trinajstić information content (AvgIpc) is 2.71. The summed E-state index contributed by atoms with van der Waals surface area (Å²) in [5.41, 5.74) is 0.641. The standard InChI is InChI=1S/C12H14FN3O2/c1-14-12(18)15-9-6-11(17)16(7-9)10-4-2-8(13)3-5-10/h2-5,9H,6-7H2,1H3,(H2,14,15,18)/t9-/m0/s1. The number of carbonyl (C=O) groups is 2. The second-order valence-electron chi connectivity index (χ2n) is 4.11. The fraction of sp³-hybridized carbons (Fsp3) is 0.333. The maximum absolute atomic E-state index is 12.8. The van der Waals surface area contributed by atoms with E-state index in [0.717, 1.165) is 0 Å². The van der Waals surface area contributed by atoms with E-state index in [9.17, 15) is 14.0 Å². The van der Waals surface area contributed by atoms with Gasteiger partial charge in [0.05, 0.1) is 6.04 Å². The van der Waals surface area contributed by atoms with Crippen molar-refractivity contribution in [3.8, 4) is 0 Å². The van der Waals surface area contributed by atoms with E-state index >= 15 is 0 Å². The molecule has 0 unspecified atom stereocenters. The topological polar surface area (TPSA) is 61.4 Å². The highest BCUT2D eigenvalue weighted by atomic mass is 19.1. The number of anilines is 1. The molecule has 0 saturated carbocycles. The molecule has 1 heterocycles. The Labute approximate surface area is 104 Å². The molecule has 0 spiro atoms. The number of urea groups is 1. The summed E-state index contributed by atoms with van der Waals surface area (Å²) in [6.45, 7) is 0.401. The second kappa shape index (κ2) is 5.03. The molecule has 1 aliphatic rings. The molecule has 1 aromatic rings. The Morgan fingerprint density at radius 3 is 2.67 bits per heavy atom. The van der Waals surface area contributed by atoms with Gasteiger partial charge < -0.3 is 15.5 Å². The summed E-state index contributed by atoms with van der Waals surface area (Å²) in [6, 6.07) is 5.19. The largest absolute Gasteiger partial charge is 0.341 e. The van der Waals surface area contributed by atoms with Gasteiger partial charge in [-0.2, -0.15) is 0 Å². The first-order chi connectivity index (χ1) is 8.60. The highest BCUT2D eigenvalue weighted by Gasteiger charge is 2.31. The molecule has 5 nitrogen and oxygen atoms in total. The van der Waals surface area contributed by atoms with Crippen LogP contribution in [-0.2, 0) is 4.79 Å². The molecule has 3 amide bonds. The third-order valence-corrected chi connectivity index (χ3v) is 2.83. The minimum atomic E-state index is -0.342. The number of halogens is 1. The van der Waals surface area contributed by atoms with Gasteiger partial charge in [-0.05, 0) is 24.3 Å². The summed E-state index contributed by atoms with van der Waals surface area (Å²) in [5, 5.41) is 5.12. The number of carbonyl (C=O) groups excluding carboxylic acids is 2. The minimum Gasteiger partial charge on any atom is -0.341 e. The van der Waals surface area contributed by atoms with E-state index in [0.29, 0.717) is 12.2 Å². The molecule has 0 aromatic heterocycles. The fourth-order valence-electron chi connectivity index (χ4n) is 1.93. The maximum atomic E-state index is 12.8. The molecule has 1 aromatic carbocycles. The summed E-state index contributed by atoms with van der Waals surface area (Å²) < 4.78 is 12.8. The van der Waals surface area contributed by atoms with Crippen LogP contribution in [0.1, 0.15) is 6.42 Å². The highest BCUT2D eigenvalue weighted by Crippen LogP contribution is 2.21. The van der Waals surface area contributed by atoms with Crippen molar-refractivity contribution in [2.45, 2.75) is 12.5 Å². The fourth-order valence-corrected chi connectivity index (χ4v) is 1.93. The summed E-state index contributed by atoms with van der Waals surface area (Å²) in [4.78, 5) is 24.5. The molecule has 18 heavy (non-hydrogen) atoms. The molecule has 2 rings (SSSR count). The number of amides is 3. The molecule has 6 heteroatoms. The SMILES string of the molecule is CNC(=O)N[C@H]1CC(=O)N(c2ccc(F)cc2)C1. The Morgan fingerprint density at radius 1 is 1.39 bits per heavy atom. The van der Waals surface area contributed by atoms with Crippen LogP contribution < -0.4 is 15.5 Å². The lowest BCUT2D eigenvalue weighted by atomic mass is 10.2. The Bertz CT molecular complexity index is 461. The Kier molecular flexibility index (Phi) is 3.45. The Morgan fingerprint density at radius 2 is 2.06 bits per heavy atom. The van der Waals surface area contributed by atoms with Gasteiger partial charge in [0.25, 0.3) is 0 Å². The van der Waals surface area contributed by atoms with Crippen molar-refractivity contribution in [2.75, 3.05) is 18.5 Å². The molecule has 1 aliphatic heterocycles. The molecule has 2 N–H and O–H groups in total. The number of nitrogens with one attached hydrogen (secondary N) is 2. The van der Waals surface area contributed by atoms with Gasteiger partial charge in [-0.1, -0.05) is 0 Å². The van der Waals surface area contributed by atoms with Crippen LogP contribution in [0.3, 0.4) is 0 Å². The first kappa shape index (κ1) is 12.3. The summed E-state index contributed by atoms with van der Waals surface area (Å²) in [6.07, 6.45) is 0.255. The number of rotatable bonds is 2. The number of hydrogen-bond acceptors (Lipinski definition) is 2. The normalized spacial score (nSPS) is 18.9. The van der Waals surface area contributed by atoms with Gasteiger partial charge in [-0.25, -0.2) is 9.18 Å². The molecule has 1 saturated heterocycles. The van der Waals surface area contributed by atoms with E-state index in [2.05, 4.69) is 10.6 Å². The van der Waals surface area contributed by atoms with Gasteiger partial charge in [0.15, 0.2) is 0 Å². The average molecular weight is 251 g/mol. The van der Waals surface area contributed by atoms with Crippen molar-refractivity contribution in [2.24, 2.45) is 0 Å². The number of hydrogen-bond donors (Lipinski definition) is 2. The van der Waals surface area contributed by atoms with Gasteiger partial charge in [0.2, 0.25) is 5.91 Å². The van der Waals surface area contributed by atoms with Gasteiger partial charge in [0, 0.05) is 25.7 Å². The zero-order valence-corrected chi connectivity index (χ0v) is 9.94. The van der Waals surface area contributed by atoms with Gasteiger partial charge in [-0.3, -0.25) is 4.79 Å². The van der Waals surface area contributed by atoms with Gasteiger partial charge in [-0.15, -0.1) is 0 Å². The lowest BCUT2D eigenvalue weighted by Gasteiger charge is -2.17. The van der Waals surface area contributed by atoms with Gasteiger partial charge in [0.1, 0.15) is 5.82 Å². The number of nitrogens with zero attached hydrogens (tertiary/aromatic N) is 1. The van der Waals surface area contributed by atoms with Crippen LogP contribution in [0.4, 0.5) is 14.9 Å². The van der Waals surface area contributed by atoms with E-state index in [1.165, 1.54) is 19.2 Å². The lowest BCUT2D eigenvalue weighted by molar-refractivity contribution is -0.117.